The Kier molecular flexibility index (Phi) is 8.85. The molecule has 0 aromatic heterocycles. The van der Waals surface area contributed by atoms with Crippen LogP contribution in [0.4, 0.5) is 0 Å². The Labute approximate surface area is 95.8 Å². The molecule has 2 N–H and O–H groups in total. The molecule has 0 aromatic rings. The zero-order valence-electron chi connectivity index (χ0n) is 9.66. The second kappa shape index (κ2) is 9.00. The first-order chi connectivity index (χ1) is 7.07. The maximum atomic E-state index is 11.3. The summed E-state index contributed by atoms with van der Waals surface area (Å²) in [7, 11) is 1.64. The van der Waals surface area contributed by atoms with Gasteiger partial charge in [-0.05, 0) is 13.3 Å². The van der Waals surface area contributed by atoms with E-state index >= 15 is 0 Å². The Morgan fingerprint density at radius 1 is 1.53 bits per heavy atom. The first-order valence-corrected chi connectivity index (χ1v) is 6.18. The predicted octanol–water partition coefficient (Wildman–Crippen LogP) is 0.642. The van der Waals surface area contributed by atoms with Crippen molar-refractivity contribution in [1.29, 1.82) is 0 Å². The Bertz CT molecular complexity index is 176. The summed E-state index contributed by atoms with van der Waals surface area (Å²) in [5, 5.41) is 12.1. The molecule has 90 valence electrons. The third-order valence-corrected chi connectivity index (χ3v) is 3.35. The molecular formula is C10H21NO3S. The van der Waals surface area contributed by atoms with Gasteiger partial charge in [0.25, 0.3) is 0 Å². The number of aliphatic hydroxyl groups excluding tert-OH is 1. The highest BCUT2D eigenvalue weighted by Gasteiger charge is 2.11. The van der Waals surface area contributed by atoms with E-state index < -0.39 is 0 Å². The number of ether oxygens (including phenoxy) is 1. The van der Waals surface area contributed by atoms with E-state index in [4.69, 9.17) is 4.74 Å². The van der Waals surface area contributed by atoms with Gasteiger partial charge in [0.1, 0.15) is 0 Å². The van der Waals surface area contributed by atoms with Gasteiger partial charge in [-0.15, -0.1) is 11.8 Å². The summed E-state index contributed by atoms with van der Waals surface area (Å²) in [6.45, 7) is 4.95. The first-order valence-electron chi connectivity index (χ1n) is 5.13. The molecule has 2 unspecified atom stereocenters. The van der Waals surface area contributed by atoms with Gasteiger partial charge in [-0.25, -0.2) is 0 Å². The Balaban J connectivity index is 3.41. The molecule has 0 heterocycles. The van der Waals surface area contributed by atoms with Crippen molar-refractivity contribution in [2.75, 3.05) is 26.0 Å². The molecule has 0 spiro atoms. The van der Waals surface area contributed by atoms with Crippen LogP contribution in [-0.2, 0) is 9.53 Å². The molecule has 0 aromatic carbocycles. The zero-order valence-corrected chi connectivity index (χ0v) is 10.5. The van der Waals surface area contributed by atoms with Crippen molar-refractivity contribution in [1.82, 2.24) is 5.32 Å². The van der Waals surface area contributed by atoms with Crippen LogP contribution in [0.15, 0.2) is 0 Å². The minimum absolute atomic E-state index is 0.0172. The van der Waals surface area contributed by atoms with E-state index in [1.807, 2.05) is 6.92 Å². The lowest BCUT2D eigenvalue weighted by atomic mass is 10.3. The summed E-state index contributed by atoms with van der Waals surface area (Å²) in [5.74, 6) is 0.419. The highest BCUT2D eigenvalue weighted by Crippen LogP contribution is 2.13. The van der Waals surface area contributed by atoms with Crippen molar-refractivity contribution >= 4 is 17.7 Å². The van der Waals surface area contributed by atoms with Crippen molar-refractivity contribution in [3.8, 4) is 0 Å². The summed E-state index contributed by atoms with van der Waals surface area (Å²) in [6, 6.07) is 0. The van der Waals surface area contributed by atoms with Gasteiger partial charge in [-0.3, -0.25) is 4.79 Å². The monoisotopic (exact) mass is 235 g/mol. The third-order valence-electron chi connectivity index (χ3n) is 2.00. The third kappa shape index (κ3) is 8.72. The van der Waals surface area contributed by atoms with Crippen LogP contribution >= 0.6 is 11.8 Å². The first kappa shape index (κ1) is 14.7. The number of carbonyl (C=O) groups is 1. The second-order valence-corrected chi connectivity index (χ2v) is 4.82. The zero-order chi connectivity index (χ0) is 11.7. The summed E-state index contributed by atoms with van der Waals surface area (Å²) in [5.41, 5.74) is 0. The molecule has 0 bridgehead atoms. The predicted molar refractivity (Wildman–Crippen MR) is 63.1 cm³/mol. The smallest absolute Gasteiger partial charge is 0.230 e. The van der Waals surface area contributed by atoms with Crippen molar-refractivity contribution < 1.29 is 14.6 Å². The summed E-state index contributed by atoms with van der Waals surface area (Å²) < 4.78 is 4.86. The quantitative estimate of drug-likeness (QED) is 0.606. The maximum absolute atomic E-state index is 11.3. The van der Waals surface area contributed by atoms with E-state index in [1.165, 1.54) is 11.8 Å². The fourth-order valence-corrected chi connectivity index (χ4v) is 1.64. The molecule has 15 heavy (non-hydrogen) atoms. The van der Waals surface area contributed by atoms with Crippen molar-refractivity contribution in [2.24, 2.45) is 0 Å². The van der Waals surface area contributed by atoms with Crippen LogP contribution in [0.5, 0.6) is 0 Å². The fourth-order valence-electron chi connectivity index (χ4n) is 0.842. The van der Waals surface area contributed by atoms with E-state index in [0.717, 1.165) is 6.42 Å². The van der Waals surface area contributed by atoms with E-state index in [0.29, 0.717) is 18.9 Å². The van der Waals surface area contributed by atoms with E-state index in [9.17, 15) is 9.90 Å². The van der Waals surface area contributed by atoms with Crippen LogP contribution < -0.4 is 5.32 Å². The average Bonchev–Trinajstić information content (AvgIpc) is 2.20. The molecule has 0 saturated carbocycles. The highest BCUT2D eigenvalue weighted by atomic mass is 32.2. The van der Waals surface area contributed by atoms with E-state index in [1.54, 1.807) is 14.0 Å². The van der Waals surface area contributed by atoms with Gasteiger partial charge < -0.3 is 15.2 Å². The fraction of sp³-hybridized carbons (Fsp3) is 0.900. The lowest BCUT2D eigenvalue weighted by Gasteiger charge is -2.13. The topological polar surface area (TPSA) is 58.6 Å². The number of carbonyl (C=O) groups excluding carboxylic acids is 1. The van der Waals surface area contributed by atoms with Crippen molar-refractivity contribution in [3.63, 3.8) is 0 Å². The summed E-state index contributed by atoms with van der Waals surface area (Å²) in [6.07, 6.45) is 0.454. The van der Waals surface area contributed by atoms with Gasteiger partial charge in [0.05, 0.1) is 11.9 Å². The Morgan fingerprint density at radius 2 is 2.20 bits per heavy atom. The number of thioether (sulfide) groups is 1. The number of aliphatic hydroxyl groups is 1. The molecule has 0 rings (SSSR count). The molecule has 5 heteroatoms. The Hall–Kier alpha value is -0.260. The summed E-state index contributed by atoms with van der Waals surface area (Å²) in [4.78, 5) is 11.3. The van der Waals surface area contributed by atoms with Crippen LogP contribution in [0.2, 0.25) is 0 Å². The maximum Gasteiger partial charge on any atom is 0.230 e. The summed E-state index contributed by atoms with van der Waals surface area (Å²) >= 11 is 1.46. The van der Waals surface area contributed by atoms with Crippen LogP contribution in [0, 0.1) is 0 Å². The molecule has 0 saturated heterocycles. The highest BCUT2D eigenvalue weighted by molar-refractivity contribution is 8.00. The lowest BCUT2D eigenvalue weighted by Crippen LogP contribution is -2.28. The number of nitrogens with one attached hydrogen (secondary N) is 1. The van der Waals surface area contributed by atoms with Gasteiger partial charge in [-0.1, -0.05) is 6.92 Å². The number of methoxy groups -OCH3 is 1. The van der Waals surface area contributed by atoms with Gasteiger partial charge in [0, 0.05) is 25.5 Å². The largest absolute Gasteiger partial charge is 0.392 e. The van der Waals surface area contributed by atoms with Gasteiger partial charge >= 0.3 is 0 Å². The second-order valence-electron chi connectivity index (χ2n) is 3.45. The minimum atomic E-state index is -0.378. The average molecular weight is 235 g/mol. The van der Waals surface area contributed by atoms with Crippen LogP contribution in [0.25, 0.3) is 0 Å². The molecular weight excluding hydrogens is 214 g/mol. The molecule has 0 fully saturated rings. The number of rotatable bonds is 8. The van der Waals surface area contributed by atoms with Crippen molar-refractivity contribution in [2.45, 2.75) is 31.6 Å². The van der Waals surface area contributed by atoms with Gasteiger partial charge in [0.15, 0.2) is 0 Å². The molecule has 0 aliphatic carbocycles. The molecule has 0 aliphatic heterocycles. The van der Waals surface area contributed by atoms with Crippen LogP contribution in [-0.4, -0.2) is 48.4 Å². The SMILES string of the molecule is COCCCNC(=O)CSC(C)C(C)O. The standard InChI is InChI=1S/C10H21NO3S/c1-8(12)9(2)15-7-10(13)11-5-4-6-14-3/h8-9,12H,4-7H2,1-3H3,(H,11,13). The number of amides is 1. The molecule has 0 radical (unpaired) electrons. The van der Waals surface area contributed by atoms with Crippen LogP contribution in [0.1, 0.15) is 20.3 Å². The Morgan fingerprint density at radius 3 is 2.73 bits per heavy atom. The number of hydrogen-bond acceptors (Lipinski definition) is 4. The van der Waals surface area contributed by atoms with E-state index in [2.05, 4.69) is 5.32 Å². The van der Waals surface area contributed by atoms with Crippen molar-refractivity contribution in [3.05, 3.63) is 0 Å². The van der Waals surface area contributed by atoms with E-state index in [-0.39, 0.29) is 17.3 Å². The lowest BCUT2D eigenvalue weighted by molar-refractivity contribution is -0.118. The number of hydrogen-bond donors (Lipinski definition) is 2. The molecule has 1 amide bonds. The molecule has 2 atom stereocenters. The van der Waals surface area contributed by atoms with Gasteiger partial charge in [0.2, 0.25) is 5.91 Å². The van der Waals surface area contributed by atoms with Crippen LogP contribution in [0.3, 0.4) is 0 Å². The van der Waals surface area contributed by atoms with Gasteiger partial charge in [-0.2, -0.15) is 0 Å². The minimum Gasteiger partial charge on any atom is -0.392 e. The molecule has 0 aliphatic rings. The normalized spacial score (nSPS) is 14.7. The molecule has 4 nitrogen and oxygen atoms in total.